The van der Waals surface area contributed by atoms with Crippen LogP contribution in [0.2, 0.25) is 0 Å². The minimum absolute atomic E-state index is 0.0147. The van der Waals surface area contributed by atoms with Gasteiger partial charge < -0.3 is 29.6 Å². The predicted molar refractivity (Wildman–Crippen MR) is 231 cm³/mol. The Bertz CT molecular complexity index is 2520. The van der Waals surface area contributed by atoms with Crippen molar-refractivity contribution in [3.8, 4) is 22.4 Å². The van der Waals surface area contributed by atoms with Crippen LogP contribution in [0.25, 0.3) is 38.7 Å². The van der Waals surface area contributed by atoms with Crippen molar-refractivity contribution in [3.63, 3.8) is 0 Å². The van der Waals surface area contributed by atoms with Crippen molar-refractivity contribution in [2.75, 3.05) is 27.3 Å². The van der Waals surface area contributed by atoms with E-state index in [0.717, 1.165) is 75.5 Å². The van der Waals surface area contributed by atoms with E-state index in [2.05, 4.69) is 74.6 Å². The number of carbonyl (C=O) groups is 4. The molecular formula is C48H48F2N6O6. The van der Waals surface area contributed by atoms with Crippen LogP contribution in [0.1, 0.15) is 73.9 Å². The van der Waals surface area contributed by atoms with E-state index in [1.165, 1.54) is 12.0 Å². The summed E-state index contributed by atoms with van der Waals surface area (Å²) >= 11 is 0. The summed E-state index contributed by atoms with van der Waals surface area (Å²) in [5, 5.41) is 4.34. The SMILES string of the molecule is COC(=O)C[C@@H](C(=O)N1CCC[C@H]1C1=NC=C(c2ccc(-c3ccc4cc(-c5cnc([C@@H]6CCCN6C(=O)[C@@H](CC(F)F)NC(=O)OC)[nH]5)ccc4c3)cc2)C1)c1ccccc1. The average molecular weight is 843 g/mol. The van der Waals surface area contributed by atoms with Gasteiger partial charge in [0.15, 0.2) is 0 Å². The average Bonchev–Trinajstić information content (AvgIpc) is 4.15. The lowest BCUT2D eigenvalue weighted by atomic mass is 9.92. The van der Waals surface area contributed by atoms with Crippen LogP contribution in [0, 0.1) is 0 Å². The minimum atomic E-state index is -2.79. The van der Waals surface area contributed by atoms with Crippen LogP contribution < -0.4 is 5.32 Å². The van der Waals surface area contributed by atoms with Crippen molar-refractivity contribution < 1.29 is 37.4 Å². The maximum atomic E-state index is 14.0. The molecule has 12 nitrogen and oxygen atoms in total. The van der Waals surface area contributed by atoms with Gasteiger partial charge in [0.2, 0.25) is 18.2 Å². The van der Waals surface area contributed by atoms with Gasteiger partial charge in [-0.15, -0.1) is 0 Å². The van der Waals surface area contributed by atoms with Crippen LogP contribution in [0.4, 0.5) is 13.6 Å². The van der Waals surface area contributed by atoms with Crippen molar-refractivity contribution in [2.45, 2.75) is 75.4 Å². The molecule has 2 saturated heterocycles. The molecule has 0 spiro atoms. The first-order valence-electron chi connectivity index (χ1n) is 20.9. The number of nitrogens with one attached hydrogen (secondary N) is 2. The van der Waals surface area contributed by atoms with Gasteiger partial charge in [0.1, 0.15) is 11.9 Å². The number of aliphatic imine (C=N–C) groups is 1. The van der Waals surface area contributed by atoms with E-state index in [-0.39, 0.29) is 18.4 Å². The Labute approximate surface area is 358 Å². The lowest BCUT2D eigenvalue weighted by Gasteiger charge is -2.29. The van der Waals surface area contributed by atoms with E-state index < -0.39 is 48.8 Å². The summed E-state index contributed by atoms with van der Waals surface area (Å²) in [5.74, 6) is -1.16. The quantitative estimate of drug-likeness (QED) is 0.113. The number of carbonyl (C=O) groups excluding carboxylic acids is 4. The van der Waals surface area contributed by atoms with E-state index >= 15 is 0 Å². The van der Waals surface area contributed by atoms with Crippen molar-refractivity contribution in [1.82, 2.24) is 25.1 Å². The van der Waals surface area contributed by atoms with Crippen LogP contribution >= 0.6 is 0 Å². The molecule has 1 aromatic heterocycles. The molecule has 5 aromatic rings. The molecule has 62 heavy (non-hydrogen) atoms. The Balaban J connectivity index is 0.912. The monoisotopic (exact) mass is 842 g/mol. The molecule has 0 bridgehead atoms. The zero-order chi connectivity index (χ0) is 43.3. The molecule has 3 amide bonds. The van der Waals surface area contributed by atoms with Gasteiger partial charge in [-0.1, -0.05) is 78.9 Å². The van der Waals surface area contributed by atoms with E-state index in [1.54, 1.807) is 6.20 Å². The van der Waals surface area contributed by atoms with Gasteiger partial charge in [0.25, 0.3) is 0 Å². The maximum absolute atomic E-state index is 14.0. The number of likely N-dealkylation sites (tertiary alicyclic amines) is 2. The summed E-state index contributed by atoms with van der Waals surface area (Å²) in [6.07, 6.45) is 2.66. The number of fused-ring (bicyclic) bond motifs is 1. The van der Waals surface area contributed by atoms with E-state index in [1.807, 2.05) is 47.5 Å². The number of hydrogen-bond donors (Lipinski definition) is 2. The standard InChI is InChI=1S/C48H48F2N6O6/c1-61-44(57)25-37(31-8-4-3-5-9-31)46(58)55-20-6-10-41(55)38-24-36(27-51-38)30-14-12-29(13-15-30)32-16-17-34-23-35(19-18-33(34)22-32)40-28-52-45(53-40)42-11-7-21-56(42)47(59)39(26-43(49)50)54-48(60)62-2/h3-5,8-9,12-19,22-23,27-28,37,39,41-43H,6-7,10-11,20-21,24-26H2,1-2H3,(H,52,53)(H,54,60)/t37-,39-,41+,42+/m1/s1. The number of aromatic amines is 1. The number of imidazole rings is 1. The van der Waals surface area contributed by atoms with Gasteiger partial charge in [-0.05, 0) is 76.4 Å². The first-order chi connectivity index (χ1) is 30.1. The van der Waals surface area contributed by atoms with Crippen LogP contribution in [0.15, 0.2) is 108 Å². The van der Waals surface area contributed by atoms with Crippen LogP contribution in [-0.4, -0.2) is 95.2 Å². The summed E-state index contributed by atoms with van der Waals surface area (Å²) in [6.45, 7) is 0.975. The lowest BCUT2D eigenvalue weighted by molar-refractivity contribution is -0.144. The zero-order valence-corrected chi connectivity index (χ0v) is 34.6. The van der Waals surface area contributed by atoms with Crippen molar-refractivity contribution in [1.29, 1.82) is 0 Å². The molecule has 4 atom stereocenters. The Morgan fingerprint density at radius 3 is 2.13 bits per heavy atom. The highest BCUT2D eigenvalue weighted by Gasteiger charge is 2.39. The number of alkyl carbamates (subject to hydrolysis) is 1. The van der Waals surface area contributed by atoms with Gasteiger partial charge in [0, 0.05) is 43.4 Å². The highest BCUT2D eigenvalue weighted by atomic mass is 19.3. The Kier molecular flexibility index (Phi) is 12.5. The number of benzene rings is 4. The highest BCUT2D eigenvalue weighted by Crippen LogP contribution is 2.36. The first-order valence-corrected chi connectivity index (χ1v) is 20.9. The summed E-state index contributed by atoms with van der Waals surface area (Å²) in [7, 11) is 2.46. The fourth-order valence-electron chi connectivity index (χ4n) is 8.93. The number of amides is 3. The summed E-state index contributed by atoms with van der Waals surface area (Å²) < 4.78 is 36.2. The van der Waals surface area contributed by atoms with Crippen LogP contribution in [-0.2, 0) is 23.9 Å². The number of nitrogens with zero attached hydrogens (tertiary/aromatic N) is 4. The number of ether oxygens (including phenoxy) is 2. The number of alkyl halides is 2. The molecule has 14 heteroatoms. The number of aromatic nitrogens is 2. The molecule has 2 N–H and O–H groups in total. The third-order valence-corrected chi connectivity index (χ3v) is 12.2. The maximum Gasteiger partial charge on any atom is 0.407 e. The molecule has 0 radical (unpaired) electrons. The third-order valence-electron chi connectivity index (χ3n) is 12.2. The van der Waals surface area contributed by atoms with Gasteiger partial charge in [-0.3, -0.25) is 19.4 Å². The predicted octanol–water partition coefficient (Wildman–Crippen LogP) is 8.46. The van der Waals surface area contributed by atoms with Crippen molar-refractivity contribution in [2.24, 2.45) is 4.99 Å². The number of allylic oxidation sites excluding steroid dienone is 1. The van der Waals surface area contributed by atoms with Gasteiger partial charge in [0.05, 0.1) is 50.5 Å². The minimum Gasteiger partial charge on any atom is -0.469 e. The number of methoxy groups -OCH3 is 2. The number of H-pyrrole nitrogens is 1. The molecule has 4 heterocycles. The summed E-state index contributed by atoms with van der Waals surface area (Å²) in [5.41, 5.74) is 7.71. The Morgan fingerprint density at radius 2 is 1.44 bits per heavy atom. The second-order valence-corrected chi connectivity index (χ2v) is 15.9. The molecule has 0 aliphatic carbocycles. The van der Waals surface area contributed by atoms with Gasteiger partial charge in [-0.25, -0.2) is 18.6 Å². The Morgan fingerprint density at radius 1 is 0.790 bits per heavy atom. The smallest absolute Gasteiger partial charge is 0.407 e. The topological polar surface area (TPSA) is 146 Å². The van der Waals surface area contributed by atoms with Crippen molar-refractivity contribution in [3.05, 3.63) is 120 Å². The van der Waals surface area contributed by atoms with E-state index in [9.17, 15) is 28.0 Å². The Hall–Kier alpha value is -6.70. The van der Waals surface area contributed by atoms with Crippen LogP contribution in [0.3, 0.4) is 0 Å². The number of halogens is 2. The molecule has 3 aliphatic heterocycles. The molecule has 320 valence electrons. The molecule has 8 rings (SSSR count). The lowest BCUT2D eigenvalue weighted by Crippen LogP contribution is -2.49. The second-order valence-electron chi connectivity index (χ2n) is 15.9. The van der Waals surface area contributed by atoms with Gasteiger partial charge >= 0.3 is 12.1 Å². The van der Waals surface area contributed by atoms with E-state index in [0.29, 0.717) is 38.2 Å². The molecule has 0 saturated carbocycles. The van der Waals surface area contributed by atoms with E-state index in [4.69, 9.17) is 9.73 Å². The summed E-state index contributed by atoms with van der Waals surface area (Å²) in [6, 6.07) is 28.3. The third kappa shape index (κ3) is 9.00. The fraction of sp³-hybridized carbons (Fsp3) is 0.333. The molecule has 4 aromatic carbocycles. The number of rotatable bonds is 13. The second kappa shape index (κ2) is 18.5. The number of esters is 1. The first kappa shape index (κ1) is 42.0. The largest absolute Gasteiger partial charge is 0.469 e. The molecular weight excluding hydrogens is 795 g/mol. The van der Waals surface area contributed by atoms with Gasteiger partial charge in [-0.2, -0.15) is 0 Å². The summed E-state index contributed by atoms with van der Waals surface area (Å²) in [4.78, 5) is 67.7. The highest BCUT2D eigenvalue weighted by molar-refractivity contribution is 6.04. The number of hydrogen-bond acceptors (Lipinski definition) is 8. The molecule has 0 unspecified atom stereocenters. The molecule has 3 aliphatic rings. The normalized spacial score (nSPS) is 18.4. The molecule has 2 fully saturated rings. The zero-order valence-electron chi connectivity index (χ0n) is 34.6. The fourth-order valence-corrected chi connectivity index (χ4v) is 8.93. The van der Waals surface area contributed by atoms with Crippen molar-refractivity contribution >= 4 is 45.9 Å². The van der Waals surface area contributed by atoms with Crippen LogP contribution in [0.5, 0.6) is 0 Å².